The summed E-state index contributed by atoms with van der Waals surface area (Å²) in [6.45, 7) is 8.30. The zero-order valence-corrected chi connectivity index (χ0v) is 40.5. The number of amides is 1. The summed E-state index contributed by atoms with van der Waals surface area (Å²) in [4.78, 5) is 46.0. The molecule has 0 aliphatic carbocycles. The number of nitrogens with zero attached hydrogens (tertiary/aromatic N) is 7. The number of aliphatic hydroxyl groups is 2. The highest BCUT2D eigenvalue weighted by molar-refractivity contribution is 6.30. The number of benzene rings is 2. The number of carboxylic acid groups (broad SMARTS) is 1. The van der Waals surface area contributed by atoms with Crippen molar-refractivity contribution in [2.45, 2.75) is 64.2 Å². The highest BCUT2D eigenvalue weighted by atomic mass is 35.5. The van der Waals surface area contributed by atoms with Gasteiger partial charge in [-0.1, -0.05) is 35.3 Å². The number of halogens is 5. The van der Waals surface area contributed by atoms with Crippen LogP contribution in [-0.4, -0.2) is 131 Å². The molecule has 2 aromatic carbocycles. The van der Waals surface area contributed by atoms with Crippen LogP contribution in [0.15, 0.2) is 61.2 Å². The third-order valence-corrected chi connectivity index (χ3v) is 12.9. The van der Waals surface area contributed by atoms with Crippen molar-refractivity contribution >= 4 is 59.4 Å². The van der Waals surface area contributed by atoms with Gasteiger partial charge < -0.3 is 44.8 Å². The molecule has 0 radical (unpaired) electrons. The molecule has 68 heavy (non-hydrogen) atoms. The number of carbonyl (C=O) groups excluding carboxylic acids is 1. The lowest BCUT2D eigenvalue weighted by atomic mass is 9.92. The predicted octanol–water partition coefficient (Wildman–Crippen LogP) is 6.93. The number of rotatable bonds is 18. The van der Waals surface area contributed by atoms with Crippen LogP contribution < -0.4 is 24.6 Å². The molecule has 6 heterocycles. The van der Waals surface area contributed by atoms with Gasteiger partial charge in [0.05, 0.1) is 60.9 Å². The van der Waals surface area contributed by atoms with E-state index in [-0.39, 0.29) is 49.2 Å². The lowest BCUT2D eigenvalue weighted by Crippen LogP contribution is -2.51. The fourth-order valence-electron chi connectivity index (χ4n) is 8.23. The molecule has 4 aliphatic rings. The number of aliphatic hydroxyl groups excluding tert-OH is 2. The van der Waals surface area contributed by atoms with Gasteiger partial charge in [-0.2, -0.15) is 0 Å². The molecule has 372 valence electrons. The van der Waals surface area contributed by atoms with Gasteiger partial charge in [0.2, 0.25) is 17.8 Å². The van der Waals surface area contributed by atoms with Crippen molar-refractivity contribution in [2.24, 2.45) is 23.7 Å². The van der Waals surface area contributed by atoms with Crippen LogP contribution >= 0.6 is 35.6 Å². The van der Waals surface area contributed by atoms with Gasteiger partial charge in [-0.05, 0) is 86.5 Å². The van der Waals surface area contributed by atoms with E-state index in [1.807, 2.05) is 0 Å². The van der Waals surface area contributed by atoms with Crippen molar-refractivity contribution < 1.29 is 43.2 Å². The van der Waals surface area contributed by atoms with Gasteiger partial charge in [0, 0.05) is 89.5 Å². The average molecular weight is 1010 g/mol. The van der Waals surface area contributed by atoms with E-state index in [2.05, 4.69) is 35.1 Å². The van der Waals surface area contributed by atoms with E-state index in [0.717, 1.165) is 103 Å². The molecular formula is C48H63Cl3F2N8O7. The first-order chi connectivity index (χ1) is 32.5. The third kappa shape index (κ3) is 17.4. The van der Waals surface area contributed by atoms with Gasteiger partial charge in [0.15, 0.2) is 0 Å². The topological polar surface area (TPSA) is 187 Å². The SMILES string of the molecule is Cl.O=C(Cc1ccc(OCCCC2CCN(c3ncc(Cl)cn3)CC2)cc1F)N1CC(CO)C1.O=C(O)Cc1ccc(OCCCC2CCN(c3ncc(Cl)cn3)CC2)cc1F.OCC1CNC1. The van der Waals surface area contributed by atoms with Crippen molar-refractivity contribution in [3.63, 3.8) is 0 Å². The molecule has 0 unspecified atom stereocenters. The number of aliphatic carboxylic acids is 1. The highest BCUT2D eigenvalue weighted by Crippen LogP contribution is 2.27. The summed E-state index contributed by atoms with van der Waals surface area (Å²) in [5, 5.41) is 30.3. The maximum absolute atomic E-state index is 14.4. The van der Waals surface area contributed by atoms with Crippen molar-refractivity contribution in [1.29, 1.82) is 0 Å². The lowest BCUT2D eigenvalue weighted by Gasteiger charge is -2.38. The minimum atomic E-state index is -1.05. The van der Waals surface area contributed by atoms with Crippen molar-refractivity contribution in [3.05, 3.63) is 94.0 Å². The number of carboxylic acids is 1. The Balaban J connectivity index is 0.000000225. The van der Waals surface area contributed by atoms with Crippen molar-refractivity contribution in [3.8, 4) is 11.5 Å². The van der Waals surface area contributed by atoms with Crippen LogP contribution in [0.5, 0.6) is 11.5 Å². The van der Waals surface area contributed by atoms with E-state index in [9.17, 15) is 18.4 Å². The molecule has 15 nitrogen and oxygen atoms in total. The molecular weight excluding hydrogens is 945 g/mol. The minimum Gasteiger partial charge on any atom is -0.493 e. The average Bonchev–Trinajstić information content (AvgIpc) is 3.29. The Morgan fingerprint density at radius 1 is 0.662 bits per heavy atom. The van der Waals surface area contributed by atoms with Crippen LogP contribution in [0.4, 0.5) is 20.7 Å². The van der Waals surface area contributed by atoms with Crippen LogP contribution in [0.3, 0.4) is 0 Å². The molecule has 0 saturated carbocycles. The largest absolute Gasteiger partial charge is 0.493 e. The first kappa shape index (κ1) is 54.3. The number of anilines is 2. The Labute approximate surface area is 413 Å². The van der Waals surface area contributed by atoms with Gasteiger partial charge in [-0.3, -0.25) is 9.59 Å². The molecule has 0 bridgehead atoms. The van der Waals surface area contributed by atoms with Gasteiger partial charge in [-0.15, -0.1) is 12.4 Å². The number of hydrogen-bond donors (Lipinski definition) is 4. The molecule has 20 heteroatoms. The van der Waals surface area contributed by atoms with Gasteiger partial charge in [0.1, 0.15) is 23.1 Å². The van der Waals surface area contributed by atoms with Gasteiger partial charge >= 0.3 is 5.97 Å². The van der Waals surface area contributed by atoms with Crippen LogP contribution in [-0.2, 0) is 22.4 Å². The number of likely N-dealkylation sites (tertiary alicyclic amines) is 1. The summed E-state index contributed by atoms with van der Waals surface area (Å²) >= 11 is 11.7. The van der Waals surface area contributed by atoms with E-state index in [1.54, 1.807) is 47.9 Å². The van der Waals surface area contributed by atoms with Gasteiger partial charge in [-0.25, -0.2) is 28.7 Å². The maximum Gasteiger partial charge on any atom is 0.307 e. The Bertz CT molecular complexity index is 2140. The van der Waals surface area contributed by atoms with Gasteiger partial charge in [0.25, 0.3) is 0 Å². The summed E-state index contributed by atoms with van der Waals surface area (Å²) in [6.07, 6.45) is 14.4. The molecule has 4 aromatic rings. The second kappa shape index (κ2) is 28.1. The maximum atomic E-state index is 14.4. The van der Waals surface area contributed by atoms with Crippen LogP contribution in [0.25, 0.3) is 0 Å². The first-order valence-corrected chi connectivity index (χ1v) is 23.9. The summed E-state index contributed by atoms with van der Waals surface area (Å²) in [5.74, 6) is 2.22. The quantitative estimate of drug-likeness (QED) is 0.0752. The molecule has 0 spiro atoms. The lowest BCUT2D eigenvalue weighted by molar-refractivity contribution is -0.138. The Morgan fingerprint density at radius 3 is 1.44 bits per heavy atom. The van der Waals surface area contributed by atoms with E-state index in [0.29, 0.717) is 77.8 Å². The number of ether oxygens (including phenoxy) is 2. The van der Waals surface area contributed by atoms with Crippen LogP contribution in [0, 0.1) is 35.3 Å². The standard InChI is InChI=1S/C24H30ClFN4O3.C20H23ClFN3O3.C4H9NO.ClH/c25-20-12-27-24(28-13-20)29-7-5-17(6-8-29)2-1-9-33-21-4-3-19(22(26)11-21)10-23(32)30-14-18(15-30)16-31;21-16-12-23-20(24-13-16)25-7-5-14(6-8-25)2-1-9-28-17-4-3-15(10-19(26)27)18(22)11-17;6-3-4-1-5-2-4;/h3-4,11-13,17-18,31H,1-2,5-10,14-16H2;3-4,11-14H,1-2,5-10H2,(H,26,27);4-6H,1-3H2;1H. The summed E-state index contributed by atoms with van der Waals surface area (Å²) in [6, 6.07) is 9.05. The summed E-state index contributed by atoms with van der Waals surface area (Å²) < 4.78 is 39.6. The Kier molecular flexibility index (Phi) is 22.5. The molecule has 1 amide bonds. The molecule has 4 fully saturated rings. The summed E-state index contributed by atoms with van der Waals surface area (Å²) in [5.41, 5.74) is 0.535. The van der Waals surface area contributed by atoms with Crippen molar-refractivity contribution in [2.75, 3.05) is 88.6 Å². The van der Waals surface area contributed by atoms with E-state index in [1.165, 1.54) is 18.2 Å². The smallest absolute Gasteiger partial charge is 0.307 e. The number of aromatic nitrogens is 4. The molecule has 4 saturated heterocycles. The second-order valence-corrected chi connectivity index (χ2v) is 18.4. The van der Waals surface area contributed by atoms with Crippen molar-refractivity contribution in [1.82, 2.24) is 30.2 Å². The molecule has 4 N–H and O–H groups in total. The fourth-order valence-corrected chi connectivity index (χ4v) is 8.43. The fraction of sp³-hybridized carbons (Fsp3) is 0.542. The second-order valence-electron chi connectivity index (χ2n) is 17.6. The number of nitrogens with one attached hydrogen (secondary N) is 1. The third-order valence-electron chi connectivity index (χ3n) is 12.5. The number of hydrogen-bond acceptors (Lipinski definition) is 13. The van der Waals surface area contributed by atoms with Crippen LogP contribution in [0.2, 0.25) is 10.0 Å². The van der Waals surface area contributed by atoms with E-state index in [4.69, 9.17) is 48.0 Å². The highest BCUT2D eigenvalue weighted by Gasteiger charge is 2.30. The summed E-state index contributed by atoms with van der Waals surface area (Å²) in [7, 11) is 0. The monoisotopic (exact) mass is 1010 g/mol. The zero-order valence-electron chi connectivity index (χ0n) is 38.2. The molecule has 4 aliphatic heterocycles. The minimum absolute atomic E-state index is 0. The Hall–Kier alpha value is -4.65. The van der Waals surface area contributed by atoms with E-state index < -0.39 is 17.6 Å². The van der Waals surface area contributed by atoms with Crippen LogP contribution in [0.1, 0.15) is 62.5 Å². The molecule has 0 atom stereocenters. The zero-order chi connectivity index (χ0) is 47.5. The molecule has 8 rings (SSSR count). The molecule has 2 aromatic heterocycles. The van der Waals surface area contributed by atoms with E-state index >= 15 is 0 Å². The number of piperidine rings is 2. The number of carbonyl (C=O) groups is 2. The first-order valence-electron chi connectivity index (χ1n) is 23.2. The Morgan fingerprint density at radius 2 is 1.09 bits per heavy atom. The normalized spacial score (nSPS) is 16.5. The predicted molar refractivity (Wildman–Crippen MR) is 259 cm³/mol.